The van der Waals surface area contributed by atoms with Crippen LogP contribution in [-0.2, 0) is 6.42 Å². The fourth-order valence-electron chi connectivity index (χ4n) is 1.85. The number of aryl methyl sites for hydroxylation is 1. The molecule has 0 spiro atoms. The SMILES string of the molecule is CCc1ccc(C(C)Nc2ncc(Br)cc2Br)cc1. The molecule has 1 heterocycles. The Kier molecular flexibility index (Phi) is 4.99. The minimum Gasteiger partial charge on any atom is -0.363 e. The van der Waals surface area contributed by atoms with E-state index in [9.17, 15) is 0 Å². The summed E-state index contributed by atoms with van der Waals surface area (Å²) in [5.41, 5.74) is 2.62. The summed E-state index contributed by atoms with van der Waals surface area (Å²) in [6.07, 6.45) is 2.86. The molecular formula is C15H16Br2N2. The van der Waals surface area contributed by atoms with E-state index in [1.165, 1.54) is 11.1 Å². The van der Waals surface area contributed by atoms with Crippen molar-refractivity contribution in [2.75, 3.05) is 5.32 Å². The first-order valence-electron chi connectivity index (χ1n) is 6.26. The predicted molar refractivity (Wildman–Crippen MR) is 87.5 cm³/mol. The molecule has 0 aliphatic heterocycles. The Hall–Kier alpha value is -0.870. The van der Waals surface area contributed by atoms with E-state index in [1.807, 2.05) is 6.07 Å². The van der Waals surface area contributed by atoms with Crippen LogP contribution in [0.2, 0.25) is 0 Å². The van der Waals surface area contributed by atoms with Crippen LogP contribution in [0.5, 0.6) is 0 Å². The first-order valence-corrected chi connectivity index (χ1v) is 7.85. The van der Waals surface area contributed by atoms with E-state index < -0.39 is 0 Å². The van der Waals surface area contributed by atoms with Gasteiger partial charge in [0.15, 0.2) is 0 Å². The maximum atomic E-state index is 4.37. The maximum Gasteiger partial charge on any atom is 0.140 e. The molecule has 2 aromatic rings. The van der Waals surface area contributed by atoms with Crippen molar-refractivity contribution < 1.29 is 0 Å². The predicted octanol–water partition coefficient (Wildman–Crippen LogP) is 5.34. The van der Waals surface area contributed by atoms with Gasteiger partial charge in [-0.2, -0.15) is 0 Å². The van der Waals surface area contributed by atoms with Crippen LogP contribution < -0.4 is 5.32 Å². The zero-order chi connectivity index (χ0) is 13.8. The summed E-state index contributed by atoms with van der Waals surface area (Å²) in [6, 6.07) is 10.9. The molecule has 2 nitrogen and oxygen atoms in total. The van der Waals surface area contributed by atoms with E-state index >= 15 is 0 Å². The molecule has 1 N–H and O–H groups in total. The Bertz CT molecular complexity index is 553. The number of halogens is 2. The highest BCUT2D eigenvalue weighted by Gasteiger charge is 2.08. The van der Waals surface area contributed by atoms with Crippen LogP contribution in [0.15, 0.2) is 45.5 Å². The third kappa shape index (κ3) is 3.80. The Morgan fingerprint density at radius 3 is 2.47 bits per heavy atom. The van der Waals surface area contributed by atoms with E-state index in [0.29, 0.717) is 0 Å². The molecule has 0 saturated heterocycles. The van der Waals surface area contributed by atoms with Crippen LogP contribution in [0.4, 0.5) is 5.82 Å². The van der Waals surface area contributed by atoms with Gasteiger partial charge in [-0.15, -0.1) is 0 Å². The van der Waals surface area contributed by atoms with Crippen LogP contribution >= 0.6 is 31.9 Å². The highest BCUT2D eigenvalue weighted by molar-refractivity contribution is 9.11. The van der Waals surface area contributed by atoms with Gasteiger partial charge >= 0.3 is 0 Å². The Morgan fingerprint density at radius 1 is 1.21 bits per heavy atom. The molecule has 0 saturated carbocycles. The second-order valence-electron chi connectivity index (χ2n) is 4.45. The summed E-state index contributed by atoms with van der Waals surface area (Å²) in [7, 11) is 0. The molecule has 19 heavy (non-hydrogen) atoms. The molecule has 1 unspecified atom stereocenters. The zero-order valence-electron chi connectivity index (χ0n) is 11.0. The number of anilines is 1. The lowest BCUT2D eigenvalue weighted by molar-refractivity contribution is 0.871. The number of hydrogen-bond donors (Lipinski definition) is 1. The minimum atomic E-state index is 0.218. The van der Waals surface area contributed by atoms with Crippen molar-refractivity contribution in [3.05, 3.63) is 56.6 Å². The largest absolute Gasteiger partial charge is 0.363 e. The summed E-state index contributed by atoms with van der Waals surface area (Å²) in [5.74, 6) is 0.857. The lowest BCUT2D eigenvalue weighted by atomic mass is 10.1. The van der Waals surface area contributed by atoms with Gasteiger partial charge in [-0.25, -0.2) is 4.98 Å². The van der Waals surface area contributed by atoms with Crippen LogP contribution in [0.3, 0.4) is 0 Å². The van der Waals surface area contributed by atoms with Gasteiger partial charge < -0.3 is 5.32 Å². The topological polar surface area (TPSA) is 24.9 Å². The summed E-state index contributed by atoms with van der Waals surface area (Å²) in [5, 5.41) is 3.41. The first-order chi connectivity index (χ1) is 9.10. The summed E-state index contributed by atoms with van der Waals surface area (Å²) >= 11 is 6.92. The molecule has 0 fully saturated rings. The minimum absolute atomic E-state index is 0.218. The average Bonchev–Trinajstić information content (AvgIpc) is 2.42. The monoisotopic (exact) mass is 382 g/mol. The Morgan fingerprint density at radius 2 is 1.89 bits per heavy atom. The highest BCUT2D eigenvalue weighted by Crippen LogP contribution is 2.27. The van der Waals surface area contributed by atoms with Gasteiger partial charge in [-0.05, 0) is 62.4 Å². The quantitative estimate of drug-likeness (QED) is 0.770. The second kappa shape index (κ2) is 6.53. The van der Waals surface area contributed by atoms with E-state index in [-0.39, 0.29) is 6.04 Å². The number of pyridine rings is 1. The number of hydrogen-bond acceptors (Lipinski definition) is 2. The molecule has 100 valence electrons. The molecule has 0 bridgehead atoms. The van der Waals surface area contributed by atoms with E-state index in [2.05, 4.69) is 80.3 Å². The smallest absolute Gasteiger partial charge is 0.140 e. The fraction of sp³-hybridized carbons (Fsp3) is 0.267. The number of aromatic nitrogens is 1. The lowest BCUT2D eigenvalue weighted by Gasteiger charge is -2.16. The molecule has 0 aliphatic rings. The van der Waals surface area contributed by atoms with Gasteiger partial charge in [0.2, 0.25) is 0 Å². The molecule has 0 aliphatic carbocycles. The van der Waals surface area contributed by atoms with Crippen LogP contribution in [-0.4, -0.2) is 4.98 Å². The molecule has 0 radical (unpaired) electrons. The van der Waals surface area contributed by atoms with Crippen molar-refractivity contribution in [1.29, 1.82) is 0 Å². The van der Waals surface area contributed by atoms with E-state index in [1.54, 1.807) is 6.20 Å². The summed E-state index contributed by atoms with van der Waals surface area (Å²) in [6.45, 7) is 4.30. The van der Waals surface area contributed by atoms with Crippen molar-refractivity contribution in [2.24, 2.45) is 0 Å². The molecule has 2 rings (SSSR count). The number of benzene rings is 1. The normalized spacial score (nSPS) is 12.2. The molecular weight excluding hydrogens is 368 g/mol. The van der Waals surface area contributed by atoms with Crippen molar-refractivity contribution in [3.8, 4) is 0 Å². The van der Waals surface area contributed by atoms with E-state index in [4.69, 9.17) is 0 Å². The molecule has 4 heteroatoms. The van der Waals surface area contributed by atoms with Crippen molar-refractivity contribution in [2.45, 2.75) is 26.3 Å². The highest BCUT2D eigenvalue weighted by atomic mass is 79.9. The van der Waals surface area contributed by atoms with Gasteiger partial charge in [0.1, 0.15) is 5.82 Å². The van der Waals surface area contributed by atoms with Crippen molar-refractivity contribution in [3.63, 3.8) is 0 Å². The maximum absolute atomic E-state index is 4.37. The fourth-order valence-corrected chi connectivity index (χ4v) is 2.95. The van der Waals surface area contributed by atoms with Crippen LogP contribution in [0.1, 0.15) is 31.0 Å². The number of rotatable bonds is 4. The van der Waals surface area contributed by atoms with Gasteiger partial charge in [-0.3, -0.25) is 0 Å². The second-order valence-corrected chi connectivity index (χ2v) is 6.22. The van der Waals surface area contributed by atoms with Gasteiger partial charge in [-0.1, -0.05) is 31.2 Å². The summed E-state index contributed by atoms with van der Waals surface area (Å²) in [4.78, 5) is 4.37. The zero-order valence-corrected chi connectivity index (χ0v) is 14.1. The van der Waals surface area contributed by atoms with Crippen molar-refractivity contribution in [1.82, 2.24) is 4.98 Å². The van der Waals surface area contributed by atoms with Gasteiger partial charge in [0, 0.05) is 16.7 Å². The van der Waals surface area contributed by atoms with Crippen LogP contribution in [0.25, 0.3) is 0 Å². The molecule has 0 amide bonds. The Balaban J connectivity index is 2.13. The standard InChI is InChI=1S/C15H16Br2N2/c1-3-11-4-6-12(7-5-11)10(2)19-15-14(17)8-13(16)9-18-15/h4-10H,3H2,1-2H3,(H,18,19). The molecule has 1 atom stereocenters. The lowest BCUT2D eigenvalue weighted by Crippen LogP contribution is -2.08. The van der Waals surface area contributed by atoms with Gasteiger partial charge in [0.05, 0.1) is 4.47 Å². The third-order valence-corrected chi connectivity index (χ3v) is 4.09. The average molecular weight is 384 g/mol. The van der Waals surface area contributed by atoms with Gasteiger partial charge in [0.25, 0.3) is 0 Å². The van der Waals surface area contributed by atoms with E-state index in [0.717, 1.165) is 21.2 Å². The first kappa shape index (κ1) is 14.5. The number of nitrogens with one attached hydrogen (secondary N) is 1. The van der Waals surface area contributed by atoms with Crippen LogP contribution in [0, 0.1) is 0 Å². The molecule has 1 aromatic heterocycles. The number of nitrogens with zero attached hydrogens (tertiary/aromatic N) is 1. The molecule has 1 aromatic carbocycles. The van der Waals surface area contributed by atoms with Crippen molar-refractivity contribution >= 4 is 37.7 Å². The Labute approximate surface area is 130 Å². The summed E-state index contributed by atoms with van der Waals surface area (Å²) < 4.78 is 1.92. The third-order valence-electron chi connectivity index (χ3n) is 3.05.